The predicted molar refractivity (Wildman–Crippen MR) is 158 cm³/mol. The molecule has 0 aromatic heterocycles. The molecule has 3 aromatic rings. The number of nitrogens with two attached hydrogens (primary N) is 1. The first-order valence-corrected chi connectivity index (χ1v) is 14.8. The summed E-state index contributed by atoms with van der Waals surface area (Å²) in [5, 5.41) is 20.5. The van der Waals surface area contributed by atoms with Crippen molar-refractivity contribution in [2.45, 2.75) is 72.0 Å². The van der Waals surface area contributed by atoms with Gasteiger partial charge in [0.1, 0.15) is 29.0 Å². The zero-order chi connectivity index (χ0) is 28.0. The highest BCUT2D eigenvalue weighted by atomic mass is 32.2. The second kappa shape index (κ2) is 15.8. The predicted octanol–water partition coefficient (Wildman–Crippen LogP) is 8.46. The molecule has 6 nitrogen and oxygen atoms in total. The molecule has 0 unspecified atom stereocenters. The van der Waals surface area contributed by atoms with E-state index in [1.807, 2.05) is 48.5 Å². The van der Waals surface area contributed by atoms with E-state index in [0.717, 1.165) is 54.1 Å². The molecule has 0 atom stereocenters. The molecule has 0 aliphatic rings. The number of methoxy groups -OCH3 is 1. The van der Waals surface area contributed by atoms with Gasteiger partial charge < -0.3 is 19.9 Å². The third-order valence-corrected chi connectivity index (χ3v) is 8.32. The van der Waals surface area contributed by atoms with Crippen LogP contribution in [0.2, 0.25) is 0 Å². The fourth-order valence-electron chi connectivity index (χ4n) is 3.85. The molecule has 3 rings (SSSR count). The molecule has 204 valence electrons. The van der Waals surface area contributed by atoms with Gasteiger partial charge in [0.2, 0.25) is 0 Å². The van der Waals surface area contributed by atoms with Crippen LogP contribution in [0.15, 0.2) is 68.1 Å². The molecule has 0 saturated heterocycles. The summed E-state index contributed by atoms with van der Waals surface area (Å²) in [7, 11) is 1.63. The van der Waals surface area contributed by atoms with Crippen molar-refractivity contribution in [1.82, 2.24) is 0 Å². The molecule has 0 amide bonds. The maximum Gasteiger partial charge on any atom is 0.153 e. The Balaban J connectivity index is 2.27. The van der Waals surface area contributed by atoms with E-state index < -0.39 is 0 Å². The van der Waals surface area contributed by atoms with Crippen LogP contribution in [0.4, 0.5) is 5.69 Å². The first-order valence-electron chi connectivity index (χ1n) is 13.2. The number of benzene rings is 3. The summed E-state index contributed by atoms with van der Waals surface area (Å²) >= 11 is 2.88. The van der Waals surface area contributed by atoms with Crippen molar-refractivity contribution in [2.24, 2.45) is 0 Å². The smallest absolute Gasteiger partial charge is 0.153 e. The highest BCUT2D eigenvalue weighted by Gasteiger charge is 2.28. The number of ether oxygens (including phenoxy) is 3. The van der Waals surface area contributed by atoms with Gasteiger partial charge in [-0.05, 0) is 43.2 Å². The number of rotatable bonds is 15. The molecular formula is C31H35N3O3S2. The molecule has 8 heteroatoms. The zero-order valence-corrected chi connectivity index (χ0v) is 24.4. The minimum atomic E-state index is 0.187. The van der Waals surface area contributed by atoms with Crippen LogP contribution in [-0.4, -0.2) is 20.3 Å². The number of nitrogens with zero attached hydrogens (tertiary/aromatic N) is 2. The Morgan fingerprint density at radius 1 is 0.769 bits per heavy atom. The van der Waals surface area contributed by atoms with Crippen molar-refractivity contribution in [3.8, 4) is 29.4 Å². The van der Waals surface area contributed by atoms with Crippen molar-refractivity contribution >= 4 is 29.2 Å². The van der Waals surface area contributed by atoms with Gasteiger partial charge in [0.25, 0.3) is 0 Å². The topological polar surface area (TPSA) is 101 Å². The number of hydrogen-bond donors (Lipinski definition) is 1. The summed E-state index contributed by atoms with van der Waals surface area (Å²) < 4.78 is 18.1. The van der Waals surface area contributed by atoms with Gasteiger partial charge in [0.15, 0.2) is 11.5 Å². The Labute approximate surface area is 240 Å². The molecule has 0 fully saturated rings. The minimum Gasteiger partial charge on any atom is -0.497 e. The molecule has 2 N–H and O–H groups in total. The Kier molecular flexibility index (Phi) is 12.2. The molecule has 0 bridgehead atoms. The Bertz CT molecular complexity index is 1330. The molecule has 3 aromatic carbocycles. The van der Waals surface area contributed by atoms with Gasteiger partial charge in [-0.2, -0.15) is 10.5 Å². The number of nitrogen functional groups attached to an aromatic ring is 1. The SMILES string of the molecule is CCCCCOc1c(C#N)c(C#N)c(OCCCCC)c(Sc2ccccc2N)c1Sc1cccc(OC)c1. The highest BCUT2D eigenvalue weighted by Crippen LogP contribution is 2.53. The Morgan fingerprint density at radius 3 is 1.90 bits per heavy atom. The third-order valence-electron chi connectivity index (χ3n) is 5.93. The summed E-state index contributed by atoms with van der Waals surface area (Å²) in [6, 6.07) is 19.8. The van der Waals surface area contributed by atoms with E-state index in [9.17, 15) is 10.5 Å². The maximum absolute atomic E-state index is 10.3. The Morgan fingerprint density at radius 2 is 1.36 bits per heavy atom. The molecular weight excluding hydrogens is 526 g/mol. The number of anilines is 1. The van der Waals surface area contributed by atoms with Gasteiger partial charge in [0.05, 0.1) is 30.1 Å². The molecule has 0 saturated carbocycles. The van der Waals surface area contributed by atoms with Crippen LogP contribution in [0, 0.1) is 22.7 Å². The minimum absolute atomic E-state index is 0.187. The monoisotopic (exact) mass is 561 g/mol. The van der Waals surface area contributed by atoms with E-state index >= 15 is 0 Å². The van der Waals surface area contributed by atoms with E-state index in [1.165, 1.54) is 23.5 Å². The fraction of sp³-hybridized carbons (Fsp3) is 0.355. The average Bonchev–Trinajstić information content (AvgIpc) is 2.96. The van der Waals surface area contributed by atoms with Gasteiger partial charge in [0, 0.05) is 15.5 Å². The van der Waals surface area contributed by atoms with E-state index in [4.69, 9.17) is 19.9 Å². The van der Waals surface area contributed by atoms with Crippen LogP contribution in [-0.2, 0) is 0 Å². The summed E-state index contributed by atoms with van der Waals surface area (Å²) in [5.74, 6) is 1.51. The van der Waals surface area contributed by atoms with Crippen molar-refractivity contribution in [3.63, 3.8) is 0 Å². The lowest BCUT2D eigenvalue weighted by Crippen LogP contribution is -2.08. The number of para-hydroxylation sites is 1. The van der Waals surface area contributed by atoms with Gasteiger partial charge in [-0.15, -0.1) is 0 Å². The average molecular weight is 562 g/mol. The van der Waals surface area contributed by atoms with Gasteiger partial charge in [-0.3, -0.25) is 0 Å². The number of unbranched alkanes of at least 4 members (excludes halogenated alkanes) is 4. The Hall–Kier alpha value is -3.46. The zero-order valence-electron chi connectivity index (χ0n) is 22.8. The lowest BCUT2D eigenvalue weighted by atomic mass is 10.1. The molecule has 0 heterocycles. The maximum atomic E-state index is 10.3. The lowest BCUT2D eigenvalue weighted by Gasteiger charge is -2.22. The van der Waals surface area contributed by atoms with Crippen molar-refractivity contribution in [2.75, 3.05) is 26.1 Å². The number of nitriles is 2. The van der Waals surface area contributed by atoms with E-state index in [1.54, 1.807) is 7.11 Å². The van der Waals surface area contributed by atoms with Crippen molar-refractivity contribution in [1.29, 1.82) is 10.5 Å². The third kappa shape index (κ3) is 8.02. The molecule has 0 spiro atoms. The van der Waals surface area contributed by atoms with E-state index in [-0.39, 0.29) is 11.1 Å². The van der Waals surface area contributed by atoms with E-state index in [0.29, 0.717) is 40.2 Å². The normalized spacial score (nSPS) is 10.5. The molecule has 0 radical (unpaired) electrons. The standard InChI is InChI=1S/C31H35N3O3S2/c1-4-6-10-17-36-28-24(20-32)25(21-33)29(37-18-11-7-5-2)31(39-27-16-9-8-15-26(27)34)30(28)38-23-14-12-13-22(19-23)35-3/h8-9,12-16,19H,4-7,10-11,17-18,34H2,1-3H3. The quantitative estimate of drug-likeness (QED) is 0.146. The lowest BCUT2D eigenvalue weighted by molar-refractivity contribution is 0.284. The molecule has 39 heavy (non-hydrogen) atoms. The fourth-order valence-corrected chi connectivity index (χ4v) is 6.09. The van der Waals surface area contributed by atoms with Gasteiger partial charge in [-0.1, -0.05) is 81.3 Å². The summed E-state index contributed by atoms with van der Waals surface area (Å²) in [6.45, 7) is 5.13. The van der Waals surface area contributed by atoms with Crippen LogP contribution in [0.25, 0.3) is 0 Å². The first kappa shape index (κ1) is 30.1. The largest absolute Gasteiger partial charge is 0.497 e. The van der Waals surface area contributed by atoms with Crippen molar-refractivity contribution in [3.05, 3.63) is 59.7 Å². The first-order chi connectivity index (χ1) is 19.1. The highest BCUT2D eigenvalue weighted by molar-refractivity contribution is 8.02. The van der Waals surface area contributed by atoms with Gasteiger partial charge in [-0.25, -0.2) is 0 Å². The molecule has 0 aliphatic heterocycles. The van der Waals surface area contributed by atoms with Gasteiger partial charge >= 0.3 is 0 Å². The van der Waals surface area contributed by atoms with Crippen LogP contribution in [0.5, 0.6) is 17.2 Å². The summed E-state index contributed by atoms with van der Waals surface area (Å²) in [4.78, 5) is 3.16. The van der Waals surface area contributed by atoms with Crippen LogP contribution >= 0.6 is 23.5 Å². The molecule has 0 aliphatic carbocycles. The summed E-state index contributed by atoms with van der Waals surface area (Å²) in [5.41, 5.74) is 7.34. The van der Waals surface area contributed by atoms with Crippen LogP contribution < -0.4 is 19.9 Å². The second-order valence-electron chi connectivity index (χ2n) is 8.82. The van der Waals surface area contributed by atoms with Crippen LogP contribution in [0.3, 0.4) is 0 Å². The summed E-state index contributed by atoms with van der Waals surface area (Å²) in [6.07, 6.45) is 5.78. The van der Waals surface area contributed by atoms with E-state index in [2.05, 4.69) is 26.0 Å². The number of hydrogen-bond acceptors (Lipinski definition) is 8. The van der Waals surface area contributed by atoms with Crippen molar-refractivity contribution < 1.29 is 14.2 Å². The van der Waals surface area contributed by atoms with Crippen LogP contribution in [0.1, 0.15) is 63.5 Å². The second-order valence-corrected chi connectivity index (χ2v) is 11.0.